The molecule has 2 heterocycles. The van der Waals surface area contributed by atoms with Crippen LogP contribution in [-0.2, 0) is 20.9 Å². The zero-order valence-corrected chi connectivity index (χ0v) is 13.1. The van der Waals surface area contributed by atoms with Crippen molar-refractivity contribution in [1.29, 1.82) is 0 Å². The van der Waals surface area contributed by atoms with E-state index >= 15 is 0 Å². The molecule has 1 N–H and O–H groups in total. The van der Waals surface area contributed by atoms with E-state index in [0.29, 0.717) is 11.3 Å². The molecule has 3 rings (SSSR count). The van der Waals surface area contributed by atoms with E-state index in [1.54, 1.807) is 31.3 Å². The van der Waals surface area contributed by atoms with E-state index in [1.807, 2.05) is 0 Å². The van der Waals surface area contributed by atoms with Gasteiger partial charge >= 0.3 is 0 Å². The van der Waals surface area contributed by atoms with Crippen molar-refractivity contribution in [3.63, 3.8) is 0 Å². The maximum atomic E-state index is 13.2. The first-order valence-corrected chi connectivity index (χ1v) is 7.49. The second kappa shape index (κ2) is 6.84. The molecule has 1 aliphatic rings. The molecule has 2 atom stereocenters. The SMILES string of the molecule is CN1C(=O)CO[C@H](C(=O)NCc2ccco2)[C@@H]1c1ccc(F)cc1. The van der Waals surface area contributed by atoms with Gasteiger partial charge in [0.25, 0.3) is 5.91 Å². The molecule has 0 aliphatic carbocycles. The van der Waals surface area contributed by atoms with Gasteiger partial charge in [-0.15, -0.1) is 0 Å². The highest BCUT2D eigenvalue weighted by Gasteiger charge is 2.39. The highest BCUT2D eigenvalue weighted by atomic mass is 19.1. The zero-order chi connectivity index (χ0) is 17.1. The number of carbonyl (C=O) groups is 2. The molecule has 126 valence electrons. The van der Waals surface area contributed by atoms with Crippen molar-refractivity contribution in [2.24, 2.45) is 0 Å². The van der Waals surface area contributed by atoms with Gasteiger partial charge in [0.15, 0.2) is 6.10 Å². The topological polar surface area (TPSA) is 71.8 Å². The highest BCUT2D eigenvalue weighted by molar-refractivity contribution is 5.86. The molecule has 1 aliphatic heterocycles. The number of hydrogen-bond donors (Lipinski definition) is 1. The standard InChI is InChI=1S/C17H17FN2O4/c1-20-14(21)10-24-16(15(20)11-4-6-12(18)7-5-11)17(22)19-9-13-3-2-8-23-13/h2-8,15-16H,9-10H2,1H3,(H,19,22)/t15-,16-/m0/s1. The number of nitrogens with one attached hydrogen (secondary N) is 1. The molecule has 2 amide bonds. The Bertz CT molecular complexity index is 715. The molecule has 2 aromatic rings. The minimum absolute atomic E-state index is 0.174. The van der Waals surface area contributed by atoms with Gasteiger partial charge in [0.05, 0.1) is 18.8 Å². The zero-order valence-electron chi connectivity index (χ0n) is 13.1. The van der Waals surface area contributed by atoms with Crippen LogP contribution in [0.15, 0.2) is 47.1 Å². The van der Waals surface area contributed by atoms with E-state index in [9.17, 15) is 14.0 Å². The van der Waals surface area contributed by atoms with Crippen LogP contribution >= 0.6 is 0 Å². The van der Waals surface area contributed by atoms with E-state index in [2.05, 4.69) is 5.32 Å². The van der Waals surface area contributed by atoms with Gasteiger partial charge in [-0.05, 0) is 29.8 Å². The number of rotatable bonds is 4. The summed E-state index contributed by atoms with van der Waals surface area (Å²) in [7, 11) is 1.60. The lowest BCUT2D eigenvalue weighted by molar-refractivity contribution is -0.162. The molecule has 0 unspecified atom stereocenters. The first kappa shape index (κ1) is 16.2. The monoisotopic (exact) mass is 332 g/mol. The molecule has 7 heteroatoms. The van der Waals surface area contributed by atoms with Gasteiger partial charge in [-0.25, -0.2) is 4.39 Å². The summed E-state index contributed by atoms with van der Waals surface area (Å²) in [4.78, 5) is 25.9. The Labute approximate surface area is 138 Å². The summed E-state index contributed by atoms with van der Waals surface area (Å²) >= 11 is 0. The van der Waals surface area contributed by atoms with Gasteiger partial charge in [-0.1, -0.05) is 12.1 Å². The molecule has 0 radical (unpaired) electrons. The Morgan fingerprint density at radius 2 is 2.08 bits per heavy atom. The Morgan fingerprint density at radius 3 is 2.75 bits per heavy atom. The third kappa shape index (κ3) is 3.30. The number of hydrogen-bond acceptors (Lipinski definition) is 4. The van der Waals surface area contributed by atoms with Crippen LogP contribution in [0.1, 0.15) is 17.4 Å². The Hall–Kier alpha value is -2.67. The molecule has 1 aromatic heterocycles. The van der Waals surface area contributed by atoms with Crippen molar-refractivity contribution in [1.82, 2.24) is 10.2 Å². The van der Waals surface area contributed by atoms with Gasteiger partial charge in [-0.2, -0.15) is 0 Å². The molecule has 1 aromatic carbocycles. The third-order valence-electron chi connectivity index (χ3n) is 3.97. The molecule has 1 fully saturated rings. The fourth-order valence-electron chi connectivity index (χ4n) is 2.68. The van der Waals surface area contributed by atoms with Crippen LogP contribution in [0.2, 0.25) is 0 Å². The summed E-state index contributed by atoms with van der Waals surface area (Å²) < 4.78 is 23.8. The molecular weight excluding hydrogens is 315 g/mol. The molecule has 0 saturated carbocycles. The molecule has 0 spiro atoms. The summed E-state index contributed by atoms with van der Waals surface area (Å²) in [5, 5.41) is 2.73. The van der Waals surface area contributed by atoms with Crippen molar-refractivity contribution in [3.8, 4) is 0 Å². The van der Waals surface area contributed by atoms with Crippen LogP contribution in [0.25, 0.3) is 0 Å². The first-order chi connectivity index (χ1) is 11.6. The first-order valence-electron chi connectivity index (χ1n) is 7.49. The Morgan fingerprint density at radius 1 is 1.33 bits per heavy atom. The minimum Gasteiger partial charge on any atom is -0.467 e. The van der Waals surface area contributed by atoms with Gasteiger partial charge in [0, 0.05) is 7.05 Å². The van der Waals surface area contributed by atoms with Crippen molar-refractivity contribution in [2.45, 2.75) is 18.7 Å². The fourth-order valence-corrected chi connectivity index (χ4v) is 2.68. The summed E-state index contributed by atoms with van der Waals surface area (Å²) in [5.74, 6) is -0.371. The lowest BCUT2D eigenvalue weighted by Crippen LogP contribution is -2.52. The highest BCUT2D eigenvalue weighted by Crippen LogP contribution is 2.29. The molecule has 0 bridgehead atoms. The number of ether oxygens (including phenoxy) is 1. The lowest BCUT2D eigenvalue weighted by Gasteiger charge is -2.38. The van der Waals surface area contributed by atoms with Crippen molar-refractivity contribution < 1.29 is 23.1 Å². The smallest absolute Gasteiger partial charge is 0.252 e. The molecule has 6 nitrogen and oxygen atoms in total. The van der Waals surface area contributed by atoms with Gasteiger partial charge < -0.3 is 19.4 Å². The second-order valence-corrected chi connectivity index (χ2v) is 5.53. The van der Waals surface area contributed by atoms with Crippen LogP contribution in [0.3, 0.4) is 0 Å². The third-order valence-corrected chi connectivity index (χ3v) is 3.97. The number of amides is 2. The average Bonchev–Trinajstić information content (AvgIpc) is 3.09. The molecule has 1 saturated heterocycles. The van der Waals surface area contributed by atoms with Crippen LogP contribution in [0.4, 0.5) is 4.39 Å². The Balaban J connectivity index is 1.79. The number of likely N-dealkylation sites (N-methyl/N-ethyl adjacent to an activating group) is 1. The van der Waals surface area contributed by atoms with E-state index in [-0.39, 0.29) is 30.8 Å². The Kier molecular flexibility index (Phi) is 4.61. The van der Waals surface area contributed by atoms with Crippen molar-refractivity contribution in [3.05, 3.63) is 59.8 Å². The van der Waals surface area contributed by atoms with E-state index in [4.69, 9.17) is 9.15 Å². The van der Waals surface area contributed by atoms with Crippen molar-refractivity contribution in [2.75, 3.05) is 13.7 Å². The lowest BCUT2D eigenvalue weighted by atomic mass is 9.97. The maximum absolute atomic E-state index is 13.2. The number of carbonyl (C=O) groups excluding carboxylic acids is 2. The number of morpholine rings is 1. The normalized spacial score (nSPS) is 20.9. The minimum atomic E-state index is -0.881. The fraction of sp³-hybridized carbons (Fsp3) is 0.294. The van der Waals surface area contributed by atoms with Crippen LogP contribution in [0, 0.1) is 5.82 Å². The number of halogens is 1. The largest absolute Gasteiger partial charge is 0.467 e. The molecule has 24 heavy (non-hydrogen) atoms. The molecular formula is C17H17FN2O4. The quantitative estimate of drug-likeness (QED) is 0.924. The summed E-state index contributed by atoms with van der Waals surface area (Å²) in [5.41, 5.74) is 0.630. The van der Waals surface area contributed by atoms with E-state index < -0.39 is 12.1 Å². The van der Waals surface area contributed by atoms with Crippen LogP contribution in [0.5, 0.6) is 0 Å². The van der Waals surface area contributed by atoms with Crippen molar-refractivity contribution >= 4 is 11.8 Å². The van der Waals surface area contributed by atoms with Crippen LogP contribution < -0.4 is 5.32 Å². The number of nitrogens with zero attached hydrogens (tertiary/aromatic N) is 1. The summed E-state index contributed by atoms with van der Waals surface area (Å²) in [6, 6.07) is 8.53. The van der Waals surface area contributed by atoms with Gasteiger partial charge in [0.2, 0.25) is 5.91 Å². The van der Waals surface area contributed by atoms with Gasteiger partial charge in [-0.3, -0.25) is 9.59 Å². The van der Waals surface area contributed by atoms with E-state index in [1.165, 1.54) is 23.3 Å². The average molecular weight is 332 g/mol. The predicted octanol–water partition coefficient (Wildman–Crippen LogP) is 1.63. The van der Waals surface area contributed by atoms with Gasteiger partial charge in [0.1, 0.15) is 18.2 Å². The van der Waals surface area contributed by atoms with Crippen LogP contribution in [-0.4, -0.2) is 36.5 Å². The van der Waals surface area contributed by atoms with E-state index in [0.717, 1.165) is 0 Å². The maximum Gasteiger partial charge on any atom is 0.252 e. The predicted molar refractivity (Wildman–Crippen MR) is 82.2 cm³/mol. The second-order valence-electron chi connectivity index (χ2n) is 5.53. The summed E-state index contributed by atoms with van der Waals surface area (Å²) in [6.07, 6.45) is 0.639. The summed E-state index contributed by atoms with van der Waals surface area (Å²) in [6.45, 7) is 0.0481. The number of benzene rings is 1. The number of furan rings is 1.